The summed E-state index contributed by atoms with van der Waals surface area (Å²) in [6.07, 6.45) is 0.711. The molecule has 1 rings (SSSR count). The standard InChI is InChI=1S/C12H14BrClN2O3.CH4/c1-6(17)8-9(14)7(13)5-15-10(8)16-11(18)19-12(2,3)4;/h5H,1-4H3,(H,15,16,18);1H4. The molecule has 1 aromatic rings. The van der Waals surface area contributed by atoms with Crippen LogP contribution in [0.25, 0.3) is 0 Å². The van der Waals surface area contributed by atoms with Gasteiger partial charge in [-0.3, -0.25) is 10.1 Å². The van der Waals surface area contributed by atoms with E-state index in [-0.39, 0.29) is 29.6 Å². The Bertz CT molecular complexity index is 527. The van der Waals surface area contributed by atoms with Crippen LogP contribution in [0.4, 0.5) is 10.6 Å². The van der Waals surface area contributed by atoms with Crippen LogP contribution in [0.3, 0.4) is 0 Å². The molecule has 112 valence electrons. The van der Waals surface area contributed by atoms with Crippen LogP contribution in [0.2, 0.25) is 5.02 Å². The number of hydrogen-bond donors (Lipinski definition) is 1. The molecule has 0 fully saturated rings. The molecule has 1 aromatic heterocycles. The highest BCUT2D eigenvalue weighted by Crippen LogP contribution is 2.30. The molecule has 0 radical (unpaired) electrons. The van der Waals surface area contributed by atoms with Crippen molar-refractivity contribution in [2.24, 2.45) is 0 Å². The number of aromatic nitrogens is 1. The van der Waals surface area contributed by atoms with Gasteiger partial charge in [0.2, 0.25) is 0 Å². The first-order valence-electron chi connectivity index (χ1n) is 5.46. The minimum Gasteiger partial charge on any atom is -0.444 e. The molecule has 1 N–H and O–H groups in total. The first-order valence-corrected chi connectivity index (χ1v) is 6.64. The lowest BCUT2D eigenvalue weighted by molar-refractivity contribution is 0.0635. The van der Waals surface area contributed by atoms with Crippen LogP contribution in [-0.4, -0.2) is 22.5 Å². The predicted molar refractivity (Wildman–Crippen MR) is 83.5 cm³/mol. The third-order valence-electron chi connectivity index (χ3n) is 1.94. The topological polar surface area (TPSA) is 68.3 Å². The Balaban J connectivity index is 0.00000361. The minimum atomic E-state index is -0.694. The van der Waals surface area contributed by atoms with Gasteiger partial charge in [-0.15, -0.1) is 0 Å². The summed E-state index contributed by atoms with van der Waals surface area (Å²) in [5, 5.41) is 2.62. The molecule has 0 aromatic carbocycles. The number of rotatable bonds is 2. The lowest BCUT2D eigenvalue weighted by Crippen LogP contribution is -2.28. The molecule has 1 amide bonds. The van der Waals surface area contributed by atoms with Gasteiger partial charge in [-0.05, 0) is 43.6 Å². The van der Waals surface area contributed by atoms with Crippen molar-refractivity contribution in [1.29, 1.82) is 0 Å². The summed E-state index contributed by atoms with van der Waals surface area (Å²) in [7, 11) is 0. The van der Waals surface area contributed by atoms with Gasteiger partial charge >= 0.3 is 6.09 Å². The predicted octanol–water partition coefficient (Wildman–Crippen LogP) is 4.68. The molecule has 0 aliphatic rings. The van der Waals surface area contributed by atoms with Crippen LogP contribution in [0, 0.1) is 0 Å². The maximum Gasteiger partial charge on any atom is 0.413 e. The average molecular weight is 366 g/mol. The van der Waals surface area contributed by atoms with Crippen molar-refractivity contribution in [1.82, 2.24) is 4.98 Å². The summed E-state index contributed by atoms with van der Waals surface area (Å²) in [6, 6.07) is 0. The smallest absolute Gasteiger partial charge is 0.413 e. The highest BCUT2D eigenvalue weighted by Gasteiger charge is 2.21. The number of nitrogens with one attached hydrogen (secondary N) is 1. The van der Waals surface area contributed by atoms with E-state index in [0.717, 1.165) is 0 Å². The second kappa shape index (κ2) is 7.04. The molecule has 0 saturated carbocycles. The first kappa shape index (κ1) is 18.9. The second-order valence-corrected chi connectivity index (χ2v) is 6.06. The Morgan fingerprint density at radius 2 is 1.95 bits per heavy atom. The summed E-state index contributed by atoms with van der Waals surface area (Å²) in [5.41, 5.74) is -0.499. The zero-order chi connectivity index (χ0) is 14.8. The highest BCUT2D eigenvalue weighted by molar-refractivity contribution is 9.10. The van der Waals surface area contributed by atoms with E-state index in [1.54, 1.807) is 20.8 Å². The van der Waals surface area contributed by atoms with Gasteiger partial charge in [0.25, 0.3) is 0 Å². The lowest BCUT2D eigenvalue weighted by atomic mass is 10.2. The largest absolute Gasteiger partial charge is 0.444 e. The van der Waals surface area contributed by atoms with Crippen molar-refractivity contribution in [3.8, 4) is 0 Å². The number of Topliss-reactive ketones (excluding diaryl/α,β-unsaturated/α-hetero) is 1. The molecule has 0 aliphatic heterocycles. The van der Waals surface area contributed by atoms with E-state index in [0.29, 0.717) is 4.47 Å². The summed E-state index contributed by atoms with van der Waals surface area (Å²) >= 11 is 9.18. The van der Waals surface area contributed by atoms with Gasteiger partial charge in [-0.25, -0.2) is 9.78 Å². The normalized spacial score (nSPS) is 10.5. The Morgan fingerprint density at radius 3 is 2.40 bits per heavy atom. The first-order chi connectivity index (χ1) is 8.61. The highest BCUT2D eigenvalue weighted by atomic mass is 79.9. The third kappa shape index (κ3) is 5.09. The van der Waals surface area contributed by atoms with Gasteiger partial charge in [-0.1, -0.05) is 19.0 Å². The number of carbonyl (C=O) groups excluding carboxylic acids is 2. The lowest BCUT2D eigenvalue weighted by Gasteiger charge is -2.20. The maximum absolute atomic E-state index is 11.7. The zero-order valence-electron chi connectivity index (χ0n) is 11.0. The number of amides is 1. The summed E-state index contributed by atoms with van der Waals surface area (Å²) in [5.74, 6) is -0.222. The van der Waals surface area contributed by atoms with Crippen LogP contribution in [-0.2, 0) is 4.74 Å². The molecular weight excluding hydrogens is 348 g/mol. The molecule has 0 saturated heterocycles. The van der Waals surface area contributed by atoms with E-state index in [4.69, 9.17) is 16.3 Å². The molecule has 5 nitrogen and oxygen atoms in total. The quantitative estimate of drug-likeness (QED) is 0.772. The number of ether oxygens (including phenoxy) is 1. The van der Waals surface area contributed by atoms with Crippen molar-refractivity contribution in [3.05, 3.63) is 21.3 Å². The van der Waals surface area contributed by atoms with Crippen LogP contribution in [0.15, 0.2) is 10.7 Å². The maximum atomic E-state index is 11.7. The van der Waals surface area contributed by atoms with E-state index in [2.05, 4.69) is 26.2 Å². The van der Waals surface area contributed by atoms with Crippen molar-refractivity contribution in [2.75, 3.05) is 5.32 Å². The number of ketones is 1. The molecule has 0 aliphatic carbocycles. The molecule has 20 heavy (non-hydrogen) atoms. The molecule has 1 heterocycles. The molecule has 7 heteroatoms. The Hall–Kier alpha value is -1.14. The third-order valence-corrected chi connectivity index (χ3v) is 3.17. The van der Waals surface area contributed by atoms with Gasteiger partial charge < -0.3 is 4.74 Å². The number of anilines is 1. The van der Waals surface area contributed by atoms with Crippen molar-refractivity contribution < 1.29 is 14.3 Å². The Labute approximate surface area is 132 Å². The number of halogens is 2. The molecule has 0 spiro atoms. The summed E-state index contributed by atoms with van der Waals surface area (Å²) in [4.78, 5) is 27.2. The van der Waals surface area contributed by atoms with Crippen LogP contribution in [0.5, 0.6) is 0 Å². The van der Waals surface area contributed by atoms with Crippen LogP contribution in [0.1, 0.15) is 45.5 Å². The van der Waals surface area contributed by atoms with Crippen LogP contribution >= 0.6 is 27.5 Å². The minimum absolute atomic E-state index is 0. The van der Waals surface area contributed by atoms with E-state index in [1.807, 2.05) is 0 Å². The van der Waals surface area contributed by atoms with E-state index < -0.39 is 11.7 Å². The summed E-state index contributed by atoms with van der Waals surface area (Å²) in [6.45, 7) is 6.55. The van der Waals surface area contributed by atoms with Gasteiger partial charge in [-0.2, -0.15) is 0 Å². The zero-order valence-corrected chi connectivity index (χ0v) is 13.3. The number of carbonyl (C=O) groups is 2. The summed E-state index contributed by atoms with van der Waals surface area (Å²) < 4.78 is 5.57. The number of nitrogens with zero attached hydrogens (tertiary/aromatic N) is 1. The molecule has 0 atom stereocenters. The van der Waals surface area contributed by atoms with Gasteiger partial charge in [0.15, 0.2) is 5.78 Å². The van der Waals surface area contributed by atoms with Crippen molar-refractivity contribution in [3.63, 3.8) is 0 Å². The Morgan fingerprint density at radius 1 is 1.40 bits per heavy atom. The fraction of sp³-hybridized carbons (Fsp3) is 0.462. The fourth-order valence-electron chi connectivity index (χ4n) is 1.28. The Kier molecular flexibility index (Phi) is 6.64. The average Bonchev–Trinajstić information content (AvgIpc) is 2.20. The fourth-order valence-corrected chi connectivity index (χ4v) is 1.85. The SMILES string of the molecule is C.CC(=O)c1c(NC(=O)OC(C)(C)C)ncc(Br)c1Cl. The molecule has 0 unspecified atom stereocenters. The van der Waals surface area contributed by atoms with Crippen molar-refractivity contribution in [2.45, 2.75) is 40.7 Å². The molecule has 0 bridgehead atoms. The van der Waals surface area contributed by atoms with Crippen molar-refractivity contribution >= 4 is 45.2 Å². The number of pyridine rings is 1. The van der Waals surface area contributed by atoms with E-state index >= 15 is 0 Å². The molecular formula is C13H18BrClN2O3. The number of hydrogen-bond acceptors (Lipinski definition) is 4. The second-order valence-electron chi connectivity index (χ2n) is 4.83. The van der Waals surface area contributed by atoms with Gasteiger partial charge in [0.05, 0.1) is 15.1 Å². The van der Waals surface area contributed by atoms with E-state index in [1.165, 1.54) is 13.1 Å². The van der Waals surface area contributed by atoms with Gasteiger partial charge in [0.1, 0.15) is 11.4 Å². The van der Waals surface area contributed by atoms with Crippen LogP contribution < -0.4 is 5.32 Å². The monoisotopic (exact) mass is 364 g/mol. The van der Waals surface area contributed by atoms with Gasteiger partial charge in [0, 0.05) is 6.20 Å². The van der Waals surface area contributed by atoms with E-state index in [9.17, 15) is 9.59 Å².